The number of ether oxygens (including phenoxy) is 1. The molecule has 0 spiro atoms. The largest absolute Gasteiger partial charge is 0.461 e. The minimum Gasteiger partial charge on any atom is -0.461 e. The van der Waals surface area contributed by atoms with E-state index in [9.17, 15) is 4.79 Å². The first-order valence-electron chi connectivity index (χ1n) is 4.58. The van der Waals surface area contributed by atoms with E-state index >= 15 is 0 Å². The van der Waals surface area contributed by atoms with Gasteiger partial charge in [-0.1, -0.05) is 6.42 Å². The fourth-order valence-corrected chi connectivity index (χ4v) is 1.78. The van der Waals surface area contributed by atoms with Gasteiger partial charge in [0.1, 0.15) is 6.10 Å². The summed E-state index contributed by atoms with van der Waals surface area (Å²) < 4.78 is 5.19. The zero-order chi connectivity index (χ0) is 8.97. The maximum absolute atomic E-state index is 10.7. The van der Waals surface area contributed by atoms with Gasteiger partial charge in [0, 0.05) is 13.0 Å². The van der Waals surface area contributed by atoms with Crippen LogP contribution in [0.2, 0.25) is 0 Å². The molecule has 1 fully saturated rings. The summed E-state index contributed by atoms with van der Waals surface area (Å²) in [6, 6.07) is 0.364. The lowest BCUT2D eigenvalue weighted by Crippen LogP contribution is -2.42. The number of hydrogen-bond acceptors (Lipinski definition) is 3. The first-order chi connectivity index (χ1) is 5.74. The van der Waals surface area contributed by atoms with E-state index in [1.807, 2.05) is 7.05 Å². The second-order valence-electron chi connectivity index (χ2n) is 3.33. The number of rotatable bonds is 2. The van der Waals surface area contributed by atoms with Crippen molar-refractivity contribution >= 4 is 5.97 Å². The van der Waals surface area contributed by atoms with Crippen LogP contribution in [0.25, 0.3) is 0 Å². The molecule has 1 saturated carbocycles. The highest BCUT2D eigenvalue weighted by molar-refractivity contribution is 5.66. The van der Waals surface area contributed by atoms with Crippen molar-refractivity contribution in [1.29, 1.82) is 0 Å². The summed E-state index contributed by atoms with van der Waals surface area (Å²) in [6.07, 6.45) is 4.64. The first-order valence-corrected chi connectivity index (χ1v) is 4.58. The zero-order valence-corrected chi connectivity index (χ0v) is 7.80. The second-order valence-corrected chi connectivity index (χ2v) is 3.33. The molecule has 0 bridgehead atoms. The predicted octanol–water partition coefficient (Wildman–Crippen LogP) is 1.08. The number of carbonyl (C=O) groups is 1. The fraction of sp³-hybridized carbons (Fsp3) is 0.889. The van der Waals surface area contributed by atoms with Gasteiger partial charge in [-0.2, -0.15) is 0 Å². The monoisotopic (exact) mass is 171 g/mol. The maximum Gasteiger partial charge on any atom is 0.302 e. The molecule has 0 radical (unpaired) electrons. The molecule has 12 heavy (non-hydrogen) atoms. The summed E-state index contributed by atoms with van der Waals surface area (Å²) in [4.78, 5) is 10.7. The number of hydrogen-bond donors (Lipinski definition) is 1. The molecule has 70 valence electrons. The molecule has 3 nitrogen and oxygen atoms in total. The van der Waals surface area contributed by atoms with Gasteiger partial charge in [-0.15, -0.1) is 0 Å². The van der Waals surface area contributed by atoms with Crippen LogP contribution in [-0.2, 0) is 9.53 Å². The minimum atomic E-state index is -0.165. The third-order valence-corrected chi connectivity index (χ3v) is 2.39. The Bertz CT molecular complexity index is 159. The molecule has 0 aromatic heterocycles. The lowest BCUT2D eigenvalue weighted by atomic mass is 9.92. The van der Waals surface area contributed by atoms with Gasteiger partial charge in [-0.25, -0.2) is 0 Å². The van der Waals surface area contributed by atoms with Crippen LogP contribution in [0.3, 0.4) is 0 Å². The summed E-state index contributed by atoms with van der Waals surface area (Å²) in [7, 11) is 1.92. The number of likely N-dealkylation sites (N-methyl/N-ethyl adjacent to an activating group) is 1. The van der Waals surface area contributed by atoms with Crippen LogP contribution < -0.4 is 5.32 Å². The average molecular weight is 171 g/mol. The maximum atomic E-state index is 10.7. The molecule has 1 rings (SSSR count). The minimum absolute atomic E-state index is 0.0984. The summed E-state index contributed by atoms with van der Waals surface area (Å²) in [5.74, 6) is -0.165. The van der Waals surface area contributed by atoms with Crippen LogP contribution in [0, 0.1) is 0 Å². The van der Waals surface area contributed by atoms with E-state index in [0.29, 0.717) is 6.04 Å². The molecule has 2 atom stereocenters. The Kier molecular flexibility index (Phi) is 3.53. The molecule has 0 aromatic rings. The van der Waals surface area contributed by atoms with Crippen molar-refractivity contribution in [3.63, 3.8) is 0 Å². The summed E-state index contributed by atoms with van der Waals surface area (Å²) in [5.41, 5.74) is 0. The van der Waals surface area contributed by atoms with E-state index < -0.39 is 0 Å². The van der Waals surface area contributed by atoms with Gasteiger partial charge in [0.2, 0.25) is 0 Å². The highest BCUT2D eigenvalue weighted by atomic mass is 16.5. The highest BCUT2D eigenvalue weighted by Crippen LogP contribution is 2.20. The lowest BCUT2D eigenvalue weighted by molar-refractivity contribution is -0.149. The Labute approximate surface area is 73.5 Å². The lowest BCUT2D eigenvalue weighted by Gasteiger charge is -2.30. The van der Waals surface area contributed by atoms with E-state index in [-0.39, 0.29) is 12.1 Å². The third-order valence-electron chi connectivity index (χ3n) is 2.39. The molecule has 1 N–H and O–H groups in total. The van der Waals surface area contributed by atoms with Crippen molar-refractivity contribution in [2.45, 2.75) is 44.8 Å². The van der Waals surface area contributed by atoms with E-state index in [1.165, 1.54) is 19.8 Å². The molecule has 0 saturated heterocycles. The van der Waals surface area contributed by atoms with Crippen molar-refractivity contribution in [1.82, 2.24) is 5.32 Å². The Morgan fingerprint density at radius 1 is 1.42 bits per heavy atom. The Hall–Kier alpha value is -0.570. The van der Waals surface area contributed by atoms with E-state index in [2.05, 4.69) is 5.32 Å². The fourth-order valence-electron chi connectivity index (χ4n) is 1.78. The Morgan fingerprint density at radius 3 is 2.67 bits per heavy atom. The van der Waals surface area contributed by atoms with Crippen LogP contribution in [0.15, 0.2) is 0 Å². The molecule has 1 aliphatic rings. The van der Waals surface area contributed by atoms with Gasteiger partial charge in [0.05, 0.1) is 0 Å². The first kappa shape index (κ1) is 9.52. The van der Waals surface area contributed by atoms with E-state index in [4.69, 9.17) is 4.74 Å². The average Bonchev–Trinajstić information content (AvgIpc) is 2.04. The van der Waals surface area contributed by atoms with Crippen LogP contribution >= 0.6 is 0 Å². The van der Waals surface area contributed by atoms with Crippen molar-refractivity contribution < 1.29 is 9.53 Å². The number of carbonyl (C=O) groups excluding carboxylic acids is 1. The highest BCUT2D eigenvalue weighted by Gasteiger charge is 2.25. The molecular formula is C9H17NO2. The third kappa shape index (κ3) is 2.48. The molecule has 2 unspecified atom stereocenters. The Morgan fingerprint density at radius 2 is 2.08 bits per heavy atom. The van der Waals surface area contributed by atoms with Crippen LogP contribution in [0.1, 0.15) is 32.6 Å². The smallest absolute Gasteiger partial charge is 0.302 e. The molecular weight excluding hydrogens is 154 g/mol. The van der Waals surface area contributed by atoms with Gasteiger partial charge in [-0.05, 0) is 26.3 Å². The van der Waals surface area contributed by atoms with E-state index in [1.54, 1.807) is 0 Å². The Balaban J connectivity index is 2.41. The molecule has 1 aliphatic carbocycles. The predicted molar refractivity (Wildman–Crippen MR) is 46.9 cm³/mol. The van der Waals surface area contributed by atoms with Gasteiger partial charge < -0.3 is 10.1 Å². The SMILES string of the molecule is CNC1CCCCC1OC(C)=O. The second kappa shape index (κ2) is 4.45. The molecule has 0 aliphatic heterocycles. The van der Waals surface area contributed by atoms with Gasteiger partial charge >= 0.3 is 5.97 Å². The molecule has 0 aromatic carbocycles. The quantitative estimate of drug-likeness (QED) is 0.632. The molecule has 0 heterocycles. The van der Waals surface area contributed by atoms with Gasteiger partial charge in [-0.3, -0.25) is 4.79 Å². The number of esters is 1. The van der Waals surface area contributed by atoms with Crippen molar-refractivity contribution in [2.24, 2.45) is 0 Å². The van der Waals surface area contributed by atoms with Crippen molar-refractivity contribution in [3.05, 3.63) is 0 Å². The van der Waals surface area contributed by atoms with E-state index in [0.717, 1.165) is 12.8 Å². The summed E-state index contributed by atoms with van der Waals surface area (Å²) in [5, 5.41) is 3.18. The standard InChI is InChI=1S/C9H17NO2/c1-7(11)12-9-6-4-3-5-8(9)10-2/h8-10H,3-6H2,1-2H3. The van der Waals surface area contributed by atoms with Gasteiger partial charge in [0.15, 0.2) is 0 Å². The number of nitrogens with one attached hydrogen (secondary N) is 1. The van der Waals surface area contributed by atoms with Crippen molar-refractivity contribution in [3.8, 4) is 0 Å². The summed E-state index contributed by atoms with van der Waals surface area (Å²) >= 11 is 0. The summed E-state index contributed by atoms with van der Waals surface area (Å²) in [6.45, 7) is 1.47. The van der Waals surface area contributed by atoms with Crippen molar-refractivity contribution in [2.75, 3.05) is 7.05 Å². The van der Waals surface area contributed by atoms with Crippen LogP contribution in [0.4, 0.5) is 0 Å². The van der Waals surface area contributed by atoms with Gasteiger partial charge in [0.25, 0.3) is 0 Å². The molecule has 3 heteroatoms. The van der Waals surface area contributed by atoms with Crippen LogP contribution in [0.5, 0.6) is 0 Å². The normalized spacial score (nSPS) is 29.8. The zero-order valence-electron chi connectivity index (χ0n) is 7.80. The topological polar surface area (TPSA) is 38.3 Å². The van der Waals surface area contributed by atoms with Crippen LogP contribution in [-0.4, -0.2) is 25.2 Å². The molecule has 0 amide bonds.